The normalized spacial score (nSPS) is 10.2. The lowest BCUT2D eigenvalue weighted by Gasteiger charge is -2.09. The van der Waals surface area contributed by atoms with Crippen LogP contribution in [0.4, 0.5) is 11.5 Å². The zero-order valence-corrected chi connectivity index (χ0v) is 10.3. The first-order valence-electron chi connectivity index (χ1n) is 5.36. The number of halogens is 1. The third-order valence-electron chi connectivity index (χ3n) is 2.52. The average Bonchev–Trinajstić information content (AvgIpc) is 2.33. The molecule has 0 radical (unpaired) electrons. The Labute approximate surface area is 106 Å². The molecule has 0 atom stereocenters. The van der Waals surface area contributed by atoms with Crippen molar-refractivity contribution in [3.8, 4) is 0 Å². The second-order valence-electron chi connectivity index (χ2n) is 3.89. The standard InChI is InChI=1S/C13H14ClN3/c1-9-2-4-10(5-3-9)8-17-13-12(15)11(14)6-7-16-13/h2-7H,8,15H2,1H3,(H,16,17). The minimum absolute atomic E-state index is 0.487. The first-order valence-corrected chi connectivity index (χ1v) is 5.74. The van der Waals surface area contributed by atoms with Crippen LogP contribution in [0.2, 0.25) is 5.02 Å². The van der Waals surface area contributed by atoms with Crippen molar-refractivity contribution < 1.29 is 0 Å². The Bertz CT molecular complexity index is 509. The molecule has 1 aromatic heterocycles. The number of pyridine rings is 1. The summed E-state index contributed by atoms with van der Waals surface area (Å²) in [4.78, 5) is 4.15. The molecular formula is C13H14ClN3. The first kappa shape index (κ1) is 11.7. The molecule has 2 aromatic rings. The summed E-state index contributed by atoms with van der Waals surface area (Å²) in [6, 6.07) is 9.97. The number of nitrogen functional groups attached to an aromatic ring is 1. The zero-order chi connectivity index (χ0) is 12.3. The van der Waals surface area contributed by atoms with E-state index in [0.717, 1.165) is 0 Å². The average molecular weight is 248 g/mol. The topological polar surface area (TPSA) is 50.9 Å². The molecule has 1 aromatic carbocycles. The van der Waals surface area contributed by atoms with Gasteiger partial charge in [0.05, 0.1) is 10.7 Å². The fourth-order valence-corrected chi connectivity index (χ4v) is 1.63. The van der Waals surface area contributed by atoms with Crippen molar-refractivity contribution in [2.24, 2.45) is 0 Å². The van der Waals surface area contributed by atoms with Crippen molar-refractivity contribution in [2.75, 3.05) is 11.1 Å². The lowest BCUT2D eigenvalue weighted by molar-refractivity contribution is 1.11. The van der Waals surface area contributed by atoms with Crippen molar-refractivity contribution in [1.29, 1.82) is 0 Å². The smallest absolute Gasteiger partial charge is 0.150 e. The second kappa shape index (κ2) is 5.06. The molecule has 4 heteroatoms. The van der Waals surface area contributed by atoms with Crippen molar-refractivity contribution in [3.63, 3.8) is 0 Å². The Hall–Kier alpha value is -1.74. The van der Waals surface area contributed by atoms with Gasteiger partial charge in [-0.05, 0) is 18.6 Å². The van der Waals surface area contributed by atoms with Gasteiger partial charge in [0.25, 0.3) is 0 Å². The summed E-state index contributed by atoms with van der Waals surface area (Å²) in [5, 5.41) is 3.69. The summed E-state index contributed by atoms with van der Waals surface area (Å²) in [6.45, 7) is 2.74. The molecule has 0 aliphatic rings. The summed E-state index contributed by atoms with van der Waals surface area (Å²) in [5.41, 5.74) is 8.72. The third-order valence-corrected chi connectivity index (χ3v) is 2.85. The zero-order valence-electron chi connectivity index (χ0n) is 9.57. The van der Waals surface area contributed by atoms with Crippen LogP contribution in [0.1, 0.15) is 11.1 Å². The Morgan fingerprint density at radius 2 is 1.94 bits per heavy atom. The number of hydrogen-bond donors (Lipinski definition) is 2. The summed E-state index contributed by atoms with van der Waals surface area (Å²) in [6.07, 6.45) is 1.64. The fraction of sp³-hybridized carbons (Fsp3) is 0.154. The van der Waals surface area contributed by atoms with Gasteiger partial charge in [-0.15, -0.1) is 0 Å². The Morgan fingerprint density at radius 1 is 1.24 bits per heavy atom. The fourth-order valence-electron chi connectivity index (χ4n) is 1.48. The van der Waals surface area contributed by atoms with Crippen molar-refractivity contribution >= 4 is 23.1 Å². The maximum atomic E-state index is 5.91. The summed E-state index contributed by atoms with van der Waals surface area (Å²) >= 11 is 5.91. The van der Waals surface area contributed by atoms with Crippen LogP contribution in [0.15, 0.2) is 36.5 Å². The third kappa shape index (κ3) is 2.88. The van der Waals surface area contributed by atoms with Gasteiger partial charge < -0.3 is 11.1 Å². The maximum absolute atomic E-state index is 5.91. The highest BCUT2D eigenvalue weighted by Crippen LogP contribution is 2.24. The number of nitrogens with two attached hydrogens (primary N) is 1. The molecule has 0 aliphatic heterocycles. The Kier molecular flexibility index (Phi) is 3.49. The molecule has 3 N–H and O–H groups in total. The second-order valence-corrected chi connectivity index (χ2v) is 4.30. The van der Waals surface area contributed by atoms with Gasteiger partial charge in [-0.2, -0.15) is 0 Å². The molecule has 0 spiro atoms. The van der Waals surface area contributed by atoms with E-state index in [2.05, 4.69) is 41.5 Å². The molecular weight excluding hydrogens is 234 g/mol. The van der Waals surface area contributed by atoms with Crippen molar-refractivity contribution in [2.45, 2.75) is 13.5 Å². The van der Waals surface area contributed by atoms with E-state index in [4.69, 9.17) is 17.3 Å². The van der Waals surface area contributed by atoms with Crippen molar-refractivity contribution in [3.05, 3.63) is 52.7 Å². The van der Waals surface area contributed by atoms with Gasteiger partial charge in [0.1, 0.15) is 0 Å². The van der Waals surface area contributed by atoms with Crippen LogP contribution in [0, 0.1) is 6.92 Å². The lowest BCUT2D eigenvalue weighted by atomic mass is 10.1. The summed E-state index contributed by atoms with van der Waals surface area (Å²) < 4.78 is 0. The minimum atomic E-state index is 0.487. The molecule has 0 amide bonds. The summed E-state index contributed by atoms with van der Waals surface area (Å²) in [5.74, 6) is 0.623. The SMILES string of the molecule is Cc1ccc(CNc2nccc(Cl)c2N)cc1. The summed E-state index contributed by atoms with van der Waals surface area (Å²) in [7, 11) is 0. The molecule has 1 heterocycles. The highest BCUT2D eigenvalue weighted by atomic mass is 35.5. The first-order chi connectivity index (χ1) is 8.16. The number of aromatic nitrogens is 1. The number of anilines is 2. The predicted octanol–water partition coefficient (Wildman–Crippen LogP) is 3.24. The van der Waals surface area contributed by atoms with Crippen molar-refractivity contribution in [1.82, 2.24) is 4.98 Å². The number of hydrogen-bond acceptors (Lipinski definition) is 3. The van der Waals surface area contributed by atoms with Gasteiger partial charge in [-0.25, -0.2) is 4.98 Å². The quantitative estimate of drug-likeness (QED) is 0.876. The molecule has 0 aliphatic carbocycles. The van der Waals surface area contributed by atoms with E-state index in [9.17, 15) is 0 Å². The van der Waals surface area contributed by atoms with E-state index in [-0.39, 0.29) is 0 Å². The van der Waals surface area contributed by atoms with E-state index < -0.39 is 0 Å². The number of rotatable bonds is 3. The van der Waals surface area contributed by atoms with Crippen LogP contribution in [0.5, 0.6) is 0 Å². The molecule has 0 saturated carbocycles. The Morgan fingerprint density at radius 3 is 2.65 bits per heavy atom. The molecule has 0 saturated heterocycles. The van der Waals surface area contributed by atoms with Crippen LogP contribution in [-0.2, 0) is 6.54 Å². The van der Waals surface area contributed by atoms with E-state index in [1.165, 1.54) is 11.1 Å². The molecule has 0 bridgehead atoms. The molecule has 3 nitrogen and oxygen atoms in total. The number of nitrogens with zero attached hydrogens (tertiary/aromatic N) is 1. The van der Waals surface area contributed by atoms with E-state index >= 15 is 0 Å². The highest BCUT2D eigenvalue weighted by molar-refractivity contribution is 6.33. The highest BCUT2D eigenvalue weighted by Gasteiger charge is 2.03. The van der Waals surface area contributed by atoms with Crippen LogP contribution in [-0.4, -0.2) is 4.98 Å². The maximum Gasteiger partial charge on any atom is 0.150 e. The molecule has 0 unspecified atom stereocenters. The Balaban J connectivity index is 2.07. The molecule has 2 rings (SSSR count). The van der Waals surface area contributed by atoms with E-state index in [0.29, 0.717) is 23.1 Å². The predicted molar refractivity (Wildman–Crippen MR) is 72.2 cm³/mol. The number of nitrogens with one attached hydrogen (secondary N) is 1. The van der Waals surface area contributed by atoms with Gasteiger partial charge in [-0.3, -0.25) is 0 Å². The van der Waals surface area contributed by atoms with E-state index in [1.54, 1.807) is 12.3 Å². The van der Waals surface area contributed by atoms with Gasteiger partial charge in [0, 0.05) is 12.7 Å². The number of aryl methyl sites for hydroxylation is 1. The van der Waals surface area contributed by atoms with E-state index in [1.807, 2.05) is 0 Å². The van der Waals surface area contributed by atoms with Gasteiger partial charge >= 0.3 is 0 Å². The van der Waals surface area contributed by atoms with Gasteiger partial charge in [0.2, 0.25) is 0 Å². The van der Waals surface area contributed by atoms with Crippen LogP contribution < -0.4 is 11.1 Å². The largest absolute Gasteiger partial charge is 0.395 e. The van der Waals surface area contributed by atoms with Gasteiger partial charge in [0.15, 0.2) is 5.82 Å². The van der Waals surface area contributed by atoms with Gasteiger partial charge in [-0.1, -0.05) is 41.4 Å². The number of benzene rings is 1. The molecule has 17 heavy (non-hydrogen) atoms. The monoisotopic (exact) mass is 247 g/mol. The lowest BCUT2D eigenvalue weighted by Crippen LogP contribution is -2.04. The molecule has 88 valence electrons. The van der Waals surface area contributed by atoms with Crippen LogP contribution >= 0.6 is 11.6 Å². The molecule has 0 fully saturated rings. The van der Waals surface area contributed by atoms with Crippen LogP contribution in [0.3, 0.4) is 0 Å². The van der Waals surface area contributed by atoms with Crippen LogP contribution in [0.25, 0.3) is 0 Å². The minimum Gasteiger partial charge on any atom is -0.395 e.